The summed E-state index contributed by atoms with van der Waals surface area (Å²) in [5.74, 6) is -0.501. The van der Waals surface area contributed by atoms with Crippen molar-refractivity contribution in [1.82, 2.24) is 9.80 Å². The summed E-state index contributed by atoms with van der Waals surface area (Å²) >= 11 is 1.66. The minimum atomic E-state index is -0.417. The first kappa shape index (κ1) is 25.8. The molecule has 0 unspecified atom stereocenters. The van der Waals surface area contributed by atoms with Crippen LogP contribution in [0.25, 0.3) is 0 Å². The number of thiophene rings is 1. The summed E-state index contributed by atoms with van der Waals surface area (Å²) in [6.45, 7) is 5.16. The Balaban J connectivity index is 1.53. The van der Waals surface area contributed by atoms with Gasteiger partial charge in [0.15, 0.2) is 0 Å². The minimum absolute atomic E-state index is 0.0763. The zero-order valence-electron chi connectivity index (χ0n) is 20.5. The summed E-state index contributed by atoms with van der Waals surface area (Å²) in [7, 11) is 0. The van der Waals surface area contributed by atoms with Gasteiger partial charge in [-0.1, -0.05) is 20.3 Å². The molecule has 4 rings (SSSR count). The lowest BCUT2D eigenvalue weighted by Gasteiger charge is -2.37. The average molecular weight is 513 g/mol. The molecule has 2 heterocycles. The Labute approximate surface area is 214 Å². The van der Waals surface area contributed by atoms with Crippen molar-refractivity contribution in [3.8, 4) is 5.75 Å². The molecule has 3 aromatic rings. The van der Waals surface area contributed by atoms with E-state index in [4.69, 9.17) is 4.74 Å². The number of hydrogen-bond acceptors (Lipinski definition) is 4. The largest absolute Gasteiger partial charge is 0.491 e. The molecule has 0 saturated heterocycles. The molecule has 2 atom stereocenters. The van der Waals surface area contributed by atoms with Crippen molar-refractivity contribution >= 4 is 23.2 Å². The molecule has 0 saturated carbocycles. The fraction of sp³-hybridized carbons (Fsp3) is 0.357. The third-order valence-electron chi connectivity index (χ3n) is 6.57. The summed E-state index contributed by atoms with van der Waals surface area (Å²) < 4.78 is 32.6. The van der Waals surface area contributed by atoms with Crippen LogP contribution in [0.1, 0.15) is 47.1 Å². The van der Waals surface area contributed by atoms with E-state index in [1.807, 2.05) is 25.3 Å². The van der Waals surface area contributed by atoms with E-state index in [1.54, 1.807) is 33.3 Å². The van der Waals surface area contributed by atoms with Gasteiger partial charge in [-0.05, 0) is 77.9 Å². The van der Waals surface area contributed by atoms with Gasteiger partial charge in [-0.2, -0.15) is 0 Å². The van der Waals surface area contributed by atoms with Gasteiger partial charge in [0, 0.05) is 23.5 Å². The van der Waals surface area contributed by atoms with Gasteiger partial charge in [-0.3, -0.25) is 9.59 Å². The molecule has 2 aromatic carbocycles. The van der Waals surface area contributed by atoms with Crippen LogP contribution in [0.2, 0.25) is 0 Å². The first-order valence-electron chi connectivity index (χ1n) is 12.1. The highest BCUT2D eigenvalue weighted by atomic mass is 32.1. The minimum Gasteiger partial charge on any atom is -0.491 e. The van der Waals surface area contributed by atoms with Crippen molar-refractivity contribution in [2.45, 2.75) is 32.7 Å². The lowest BCUT2D eigenvalue weighted by atomic mass is 10.00. The predicted molar refractivity (Wildman–Crippen MR) is 136 cm³/mol. The van der Waals surface area contributed by atoms with Gasteiger partial charge < -0.3 is 14.5 Å². The Morgan fingerprint density at radius 3 is 2.42 bits per heavy atom. The molecule has 1 aliphatic heterocycles. The second kappa shape index (κ2) is 11.6. The van der Waals surface area contributed by atoms with Crippen LogP contribution in [0, 0.1) is 17.6 Å². The molecule has 0 N–H and O–H groups in total. The number of hydrogen-bond donors (Lipinski definition) is 0. The average Bonchev–Trinajstić information content (AvgIpc) is 3.37. The highest BCUT2D eigenvalue weighted by molar-refractivity contribution is 7.10. The van der Waals surface area contributed by atoms with E-state index >= 15 is 0 Å². The SMILES string of the molecule is CC[C@@H](C)CN(CC(=O)N1CCc2sccc2[C@H]1COc1ccc(F)cc1)C(=O)c1ccc(F)cc1. The molecule has 5 nitrogen and oxygen atoms in total. The van der Waals surface area contributed by atoms with Crippen molar-refractivity contribution in [1.29, 1.82) is 0 Å². The smallest absolute Gasteiger partial charge is 0.254 e. The van der Waals surface area contributed by atoms with E-state index in [1.165, 1.54) is 41.3 Å². The van der Waals surface area contributed by atoms with Crippen LogP contribution in [0.4, 0.5) is 8.78 Å². The Morgan fingerprint density at radius 2 is 1.75 bits per heavy atom. The lowest BCUT2D eigenvalue weighted by Crippen LogP contribution is -2.48. The van der Waals surface area contributed by atoms with E-state index in [0.717, 1.165) is 18.4 Å². The number of fused-ring (bicyclic) bond motifs is 1. The number of benzene rings is 2. The van der Waals surface area contributed by atoms with Crippen LogP contribution in [-0.2, 0) is 11.2 Å². The Kier molecular flexibility index (Phi) is 8.36. The van der Waals surface area contributed by atoms with Crippen LogP contribution in [0.3, 0.4) is 0 Å². The number of nitrogens with zero attached hydrogens (tertiary/aromatic N) is 2. The molecule has 36 heavy (non-hydrogen) atoms. The zero-order valence-corrected chi connectivity index (χ0v) is 21.3. The molecule has 0 bridgehead atoms. The van der Waals surface area contributed by atoms with E-state index in [2.05, 4.69) is 0 Å². The number of halogens is 2. The van der Waals surface area contributed by atoms with Crippen molar-refractivity contribution in [2.75, 3.05) is 26.2 Å². The number of rotatable bonds is 9. The molecule has 1 aliphatic rings. The molecular weight excluding hydrogens is 482 g/mol. The first-order chi connectivity index (χ1) is 17.4. The molecule has 0 aliphatic carbocycles. The highest BCUT2D eigenvalue weighted by Crippen LogP contribution is 2.34. The molecule has 0 fully saturated rings. The van der Waals surface area contributed by atoms with Gasteiger partial charge in [-0.15, -0.1) is 11.3 Å². The third kappa shape index (κ3) is 6.10. The molecule has 1 aromatic heterocycles. The van der Waals surface area contributed by atoms with Crippen LogP contribution in [0.15, 0.2) is 60.0 Å². The van der Waals surface area contributed by atoms with Gasteiger partial charge in [0.1, 0.15) is 30.5 Å². The maximum absolute atomic E-state index is 13.6. The maximum atomic E-state index is 13.6. The second-order valence-corrected chi connectivity index (χ2v) is 10.1. The Morgan fingerprint density at radius 1 is 1.08 bits per heavy atom. The van der Waals surface area contributed by atoms with Crippen molar-refractivity contribution in [3.05, 3.63) is 87.6 Å². The number of carbonyl (C=O) groups excluding carboxylic acids is 2. The van der Waals surface area contributed by atoms with Gasteiger partial charge in [0.05, 0.1) is 6.04 Å². The van der Waals surface area contributed by atoms with E-state index in [0.29, 0.717) is 24.4 Å². The van der Waals surface area contributed by atoms with Crippen molar-refractivity contribution in [3.63, 3.8) is 0 Å². The molecule has 8 heteroatoms. The van der Waals surface area contributed by atoms with Gasteiger partial charge in [-0.25, -0.2) is 8.78 Å². The van der Waals surface area contributed by atoms with Gasteiger partial charge >= 0.3 is 0 Å². The lowest BCUT2D eigenvalue weighted by molar-refractivity contribution is -0.135. The predicted octanol–water partition coefficient (Wildman–Crippen LogP) is 5.72. The third-order valence-corrected chi connectivity index (χ3v) is 7.57. The zero-order chi connectivity index (χ0) is 25.7. The van der Waals surface area contributed by atoms with E-state index < -0.39 is 5.82 Å². The summed E-state index contributed by atoms with van der Waals surface area (Å²) in [6.07, 6.45) is 1.60. The number of carbonyl (C=O) groups is 2. The molecule has 0 spiro atoms. The van der Waals surface area contributed by atoms with Crippen molar-refractivity contribution < 1.29 is 23.1 Å². The monoisotopic (exact) mass is 512 g/mol. The standard InChI is InChI=1S/C28H30F2N2O3S/c1-3-19(2)16-31(28(34)20-4-6-21(29)7-5-20)17-27(33)32-14-12-26-24(13-15-36-26)25(32)18-35-23-10-8-22(30)9-11-23/h4-11,13,15,19,25H,3,12,14,16-18H2,1-2H3/t19-,25-/m1/s1. The normalized spacial score (nSPS) is 15.8. The topological polar surface area (TPSA) is 49.9 Å². The van der Waals surface area contributed by atoms with Crippen LogP contribution in [-0.4, -0.2) is 47.9 Å². The molecular formula is C28H30F2N2O3S. The Hall–Kier alpha value is -3.26. The molecule has 2 amide bonds. The summed E-state index contributed by atoms with van der Waals surface area (Å²) in [5.41, 5.74) is 1.39. The maximum Gasteiger partial charge on any atom is 0.254 e. The van der Waals surface area contributed by atoms with Crippen LogP contribution < -0.4 is 4.74 Å². The van der Waals surface area contributed by atoms with Crippen LogP contribution >= 0.6 is 11.3 Å². The first-order valence-corrected chi connectivity index (χ1v) is 13.0. The second-order valence-electron chi connectivity index (χ2n) is 9.12. The molecule has 190 valence electrons. The number of ether oxygens (including phenoxy) is 1. The fourth-order valence-electron chi connectivity index (χ4n) is 4.33. The van der Waals surface area contributed by atoms with Gasteiger partial charge in [0.2, 0.25) is 5.91 Å². The Bertz CT molecular complexity index is 1180. The molecule has 0 radical (unpaired) electrons. The van der Waals surface area contributed by atoms with Crippen molar-refractivity contribution in [2.24, 2.45) is 5.92 Å². The van der Waals surface area contributed by atoms with E-state index in [-0.39, 0.29) is 42.7 Å². The number of amides is 2. The summed E-state index contributed by atoms with van der Waals surface area (Å²) in [6, 6.07) is 12.9. The quantitative estimate of drug-likeness (QED) is 0.369. The van der Waals surface area contributed by atoms with Crippen LogP contribution in [0.5, 0.6) is 5.75 Å². The summed E-state index contributed by atoms with van der Waals surface area (Å²) in [4.78, 5) is 31.5. The highest BCUT2D eigenvalue weighted by Gasteiger charge is 2.34. The fourth-order valence-corrected chi connectivity index (χ4v) is 5.26. The summed E-state index contributed by atoms with van der Waals surface area (Å²) in [5, 5.41) is 2.01. The van der Waals surface area contributed by atoms with E-state index in [9.17, 15) is 18.4 Å². The van der Waals surface area contributed by atoms with Gasteiger partial charge in [0.25, 0.3) is 5.91 Å².